The minimum Gasteiger partial charge on any atom is -0.392 e. The summed E-state index contributed by atoms with van der Waals surface area (Å²) in [7, 11) is 0. The summed E-state index contributed by atoms with van der Waals surface area (Å²) in [6.07, 6.45) is 11.5. The Kier molecular flexibility index (Phi) is 8.50. The van der Waals surface area contributed by atoms with Gasteiger partial charge in [0.05, 0.1) is 12.2 Å². The molecule has 1 fully saturated rings. The van der Waals surface area contributed by atoms with Crippen LogP contribution in [0.25, 0.3) is 0 Å². The van der Waals surface area contributed by atoms with Gasteiger partial charge in [0.2, 0.25) is 5.91 Å². The van der Waals surface area contributed by atoms with Crippen molar-refractivity contribution in [2.45, 2.75) is 84.0 Å². The first-order chi connectivity index (χ1) is 14.8. The molecule has 1 saturated carbocycles. The van der Waals surface area contributed by atoms with E-state index in [0.29, 0.717) is 24.7 Å². The van der Waals surface area contributed by atoms with Gasteiger partial charge in [0.25, 0.3) is 0 Å². The molecule has 31 heavy (non-hydrogen) atoms. The molecule has 0 unspecified atom stereocenters. The molecule has 0 bridgehead atoms. The molecule has 3 rings (SSSR count). The number of benzene rings is 1. The highest BCUT2D eigenvalue weighted by Crippen LogP contribution is 2.48. The number of aliphatic hydroxyl groups excluding tert-OH is 2. The van der Waals surface area contributed by atoms with Crippen LogP contribution < -0.4 is 5.32 Å². The third-order valence-corrected chi connectivity index (χ3v) is 6.63. The van der Waals surface area contributed by atoms with E-state index in [-0.39, 0.29) is 24.0 Å². The van der Waals surface area contributed by atoms with Gasteiger partial charge in [-0.15, -0.1) is 0 Å². The Morgan fingerprint density at radius 2 is 2.10 bits per heavy atom. The first-order valence-electron chi connectivity index (χ1n) is 11.9. The Hall–Kier alpha value is -1.91. The van der Waals surface area contributed by atoms with Crippen LogP contribution in [0.4, 0.5) is 0 Å². The van der Waals surface area contributed by atoms with Crippen LogP contribution in [0, 0.1) is 24.7 Å². The van der Waals surface area contributed by atoms with Gasteiger partial charge in [-0.05, 0) is 70.3 Å². The van der Waals surface area contributed by atoms with Crippen LogP contribution in [-0.2, 0) is 11.2 Å². The molecule has 4 nitrogen and oxygen atoms in total. The lowest BCUT2D eigenvalue weighted by Crippen LogP contribution is -2.29. The normalized spacial score (nSPS) is 26.3. The van der Waals surface area contributed by atoms with Crippen molar-refractivity contribution < 1.29 is 15.0 Å². The highest BCUT2D eigenvalue weighted by atomic mass is 16.3. The number of aryl methyl sites for hydroxylation is 1. The van der Waals surface area contributed by atoms with E-state index in [1.165, 1.54) is 11.1 Å². The molecule has 1 aromatic rings. The number of rotatable bonds is 10. The van der Waals surface area contributed by atoms with Crippen molar-refractivity contribution in [2.75, 3.05) is 0 Å². The highest BCUT2D eigenvalue weighted by Gasteiger charge is 2.43. The summed E-state index contributed by atoms with van der Waals surface area (Å²) in [5.74, 6) is 1.14. The van der Waals surface area contributed by atoms with Gasteiger partial charge >= 0.3 is 0 Å². The topological polar surface area (TPSA) is 69.6 Å². The lowest BCUT2D eigenvalue weighted by Gasteiger charge is -2.19. The van der Waals surface area contributed by atoms with Crippen molar-refractivity contribution in [1.82, 2.24) is 5.32 Å². The van der Waals surface area contributed by atoms with Crippen LogP contribution in [0.2, 0.25) is 0 Å². The summed E-state index contributed by atoms with van der Waals surface area (Å²) in [5, 5.41) is 24.0. The minimum atomic E-state index is -0.529. The Balaban J connectivity index is 1.45. The van der Waals surface area contributed by atoms with Crippen molar-refractivity contribution in [2.24, 2.45) is 17.8 Å². The minimum absolute atomic E-state index is 0.114. The molecule has 0 heterocycles. The largest absolute Gasteiger partial charge is 0.392 e. The van der Waals surface area contributed by atoms with Gasteiger partial charge in [0.1, 0.15) is 0 Å². The molecular formula is C27H39NO3. The number of nitrogens with one attached hydrogen (secondary N) is 1. The molecule has 1 aromatic carbocycles. The van der Waals surface area contributed by atoms with Gasteiger partial charge in [-0.3, -0.25) is 4.79 Å². The fourth-order valence-corrected chi connectivity index (χ4v) is 5.23. The Labute approximate surface area is 187 Å². The second-order valence-electron chi connectivity index (χ2n) is 9.81. The van der Waals surface area contributed by atoms with Gasteiger partial charge in [-0.1, -0.05) is 53.6 Å². The fraction of sp³-hybridized carbons (Fsp3) is 0.593. The molecule has 0 radical (unpaired) electrons. The van der Waals surface area contributed by atoms with Gasteiger partial charge in [-0.25, -0.2) is 0 Å². The maximum absolute atomic E-state index is 11.8. The van der Waals surface area contributed by atoms with Gasteiger partial charge < -0.3 is 15.5 Å². The average molecular weight is 426 g/mol. The molecule has 1 amide bonds. The average Bonchev–Trinajstić information content (AvgIpc) is 3.19. The summed E-state index contributed by atoms with van der Waals surface area (Å²) >= 11 is 0. The number of aliphatic hydroxyl groups is 2. The lowest BCUT2D eigenvalue weighted by atomic mass is 9.88. The molecule has 170 valence electrons. The second kappa shape index (κ2) is 11.1. The van der Waals surface area contributed by atoms with Crippen LogP contribution in [0.15, 0.2) is 48.1 Å². The number of fused-ring (bicyclic) bond motifs is 1. The lowest BCUT2D eigenvalue weighted by molar-refractivity contribution is -0.121. The van der Waals surface area contributed by atoms with Crippen LogP contribution in [0.1, 0.15) is 63.5 Å². The van der Waals surface area contributed by atoms with E-state index >= 15 is 0 Å². The zero-order valence-electron chi connectivity index (χ0n) is 19.3. The molecule has 0 saturated heterocycles. The van der Waals surface area contributed by atoms with E-state index in [2.05, 4.69) is 36.5 Å². The summed E-state index contributed by atoms with van der Waals surface area (Å²) in [4.78, 5) is 11.8. The second-order valence-corrected chi connectivity index (χ2v) is 9.81. The van der Waals surface area contributed by atoms with E-state index in [4.69, 9.17) is 0 Å². The third kappa shape index (κ3) is 7.05. The summed E-state index contributed by atoms with van der Waals surface area (Å²) in [6, 6.07) is 8.44. The number of allylic oxidation sites excluding steroid dienone is 2. The first-order valence-corrected chi connectivity index (χ1v) is 11.9. The maximum atomic E-state index is 11.8. The van der Waals surface area contributed by atoms with E-state index in [0.717, 1.165) is 37.7 Å². The number of hydrogen-bond acceptors (Lipinski definition) is 3. The van der Waals surface area contributed by atoms with Crippen LogP contribution in [0.3, 0.4) is 0 Å². The Morgan fingerprint density at radius 1 is 1.29 bits per heavy atom. The van der Waals surface area contributed by atoms with Crippen LogP contribution in [-0.4, -0.2) is 34.4 Å². The maximum Gasteiger partial charge on any atom is 0.220 e. The number of carbonyl (C=O) groups excluding carboxylic acids is 1. The van der Waals surface area contributed by atoms with Crippen molar-refractivity contribution in [3.63, 3.8) is 0 Å². The molecule has 3 N–H and O–H groups in total. The van der Waals surface area contributed by atoms with E-state index < -0.39 is 6.10 Å². The predicted molar refractivity (Wildman–Crippen MR) is 126 cm³/mol. The van der Waals surface area contributed by atoms with E-state index in [1.807, 2.05) is 32.1 Å². The van der Waals surface area contributed by atoms with Crippen molar-refractivity contribution in [3.05, 3.63) is 59.2 Å². The fourth-order valence-electron chi connectivity index (χ4n) is 5.23. The standard InChI is InChI=1S/C27H39NO3/c1-18(2)28-27(31)10-5-4-8-21-14-22-17-26(30)24(25(22)16-21)12-11-23(29)15-20-9-6-7-19(3)13-20/h6-7,9,11-14,18,22-26,29-30H,4-5,8,10,15-17H2,1-3H3,(H,28,31)/b12-11+/t22-,23-,24+,25-,26+/m0/s1. The Bertz CT molecular complexity index is 797. The van der Waals surface area contributed by atoms with E-state index in [9.17, 15) is 15.0 Å². The smallest absolute Gasteiger partial charge is 0.220 e. The number of carbonyl (C=O) groups is 1. The molecule has 0 aliphatic heterocycles. The van der Waals surface area contributed by atoms with Crippen molar-refractivity contribution in [3.8, 4) is 0 Å². The zero-order valence-corrected chi connectivity index (χ0v) is 19.3. The molecular weight excluding hydrogens is 386 g/mol. The monoisotopic (exact) mass is 425 g/mol. The summed E-state index contributed by atoms with van der Waals surface area (Å²) in [5.41, 5.74) is 3.81. The predicted octanol–water partition coefficient (Wildman–Crippen LogP) is 4.48. The number of hydrogen-bond donors (Lipinski definition) is 3. The van der Waals surface area contributed by atoms with Crippen LogP contribution in [0.5, 0.6) is 0 Å². The van der Waals surface area contributed by atoms with Crippen molar-refractivity contribution in [1.29, 1.82) is 0 Å². The summed E-state index contributed by atoms with van der Waals surface area (Å²) in [6.45, 7) is 6.04. The van der Waals surface area contributed by atoms with Crippen molar-refractivity contribution >= 4 is 5.91 Å². The molecule has 0 aromatic heterocycles. The number of amides is 1. The quantitative estimate of drug-likeness (QED) is 0.382. The zero-order chi connectivity index (χ0) is 22.4. The Morgan fingerprint density at radius 3 is 2.84 bits per heavy atom. The SMILES string of the molecule is Cc1cccc(C[C@@H](O)/C=C/[C@@H]2[C@H]3CC(CCCCC(=O)NC(C)C)=C[C@H]3C[C@H]2O)c1. The molecule has 5 atom stereocenters. The summed E-state index contributed by atoms with van der Waals surface area (Å²) < 4.78 is 0. The first kappa shape index (κ1) is 23.7. The van der Waals surface area contributed by atoms with E-state index in [1.54, 1.807) is 0 Å². The molecule has 2 aliphatic carbocycles. The van der Waals surface area contributed by atoms with Gasteiger partial charge in [0, 0.05) is 24.8 Å². The molecule has 2 aliphatic rings. The molecule has 0 spiro atoms. The van der Waals surface area contributed by atoms with Gasteiger partial charge in [-0.2, -0.15) is 0 Å². The number of unbranched alkanes of at least 4 members (excludes halogenated alkanes) is 1. The van der Waals surface area contributed by atoms with Gasteiger partial charge in [0.15, 0.2) is 0 Å². The third-order valence-electron chi connectivity index (χ3n) is 6.63. The molecule has 4 heteroatoms. The van der Waals surface area contributed by atoms with Crippen LogP contribution >= 0.6 is 0 Å². The highest BCUT2D eigenvalue weighted by molar-refractivity contribution is 5.76.